The first-order chi connectivity index (χ1) is 8.09. The highest BCUT2D eigenvalue weighted by molar-refractivity contribution is 7.99. The molecule has 3 heteroatoms. The van der Waals surface area contributed by atoms with E-state index in [1.807, 2.05) is 11.8 Å². The Bertz CT molecular complexity index is 230. The van der Waals surface area contributed by atoms with Crippen molar-refractivity contribution in [3.63, 3.8) is 0 Å². The van der Waals surface area contributed by atoms with Gasteiger partial charge in [0.15, 0.2) is 0 Å². The number of rotatable bonds is 4. The van der Waals surface area contributed by atoms with Crippen molar-refractivity contribution < 1.29 is 5.11 Å². The summed E-state index contributed by atoms with van der Waals surface area (Å²) in [5.74, 6) is 3.81. The van der Waals surface area contributed by atoms with Crippen LogP contribution in [0.15, 0.2) is 0 Å². The van der Waals surface area contributed by atoms with Gasteiger partial charge in [0.1, 0.15) is 0 Å². The van der Waals surface area contributed by atoms with Crippen LogP contribution in [0.2, 0.25) is 0 Å². The van der Waals surface area contributed by atoms with Crippen molar-refractivity contribution in [3.05, 3.63) is 0 Å². The fraction of sp³-hybridized carbons (Fsp3) is 1.00. The maximum Gasteiger partial charge on any atom is 0.0869 e. The Balaban J connectivity index is 1.68. The number of aliphatic hydroxyl groups is 1. The van der Waals surface area contributed by atoms with Crippen molar-refractivity contribution >= 4 is 11.8 Å². The molecule has 2 N–H and O–H groups in total. The first-order valence-corrected chi connectivity index (χ1v) is 8.28. The minimum Gasteiger partial charge on any atom is -0.388 e. The van der Waals surface area contributed by atoms with E-state index in [4.69, 9.17) is 0 Å². The van der Waals surface area contributed by atoms with Crippen LogP contribution in [0.3, 0.4) is 0 Å². The molecule has 0 spiro atoms. The van der Waals surface area contributed by atoms with Gasteiger partial charge in [-0.05, 0) is 49.7 Å². The molecule has 0 amide bonds. The van der Waals surface area contributed by atoms with Crippen LogP contribution in [-0.4, -0.2) is 34.8 Å². The Morgan fingerprint density at radius 1 is 1.29 bits per heavy atom. The van der Waals surface area contributed by atoms with Crippen molar-refractivity contribution in [2.45, 2.75) is 57.6 Å². The monoisotopic (exact) mass is 257 g/mol. The van der Waals surface area contributed by atoms with E-state index in [1.54, 1.807) is 0 Å². The third kappa shape index (κ3) is 3.87. The van der Waals surface area contributed by atoms with Crippen LogP contribution in [0.5, 0.6) is 0 Å². The molecule has 2 aliphatic rings. The van der Waals surface area contributed by atoms with Crippen molar-refractivity contribution in [1.29, 1.82) is 0 Å². The van der Waals surface area contributed by atoms with E-state index in [1.165, 1.54) is 25.7 Å². The van der Waals surface area contributed by atoms with Gasteiger partial charge in [-0.25, -0.2) is 0 Å². The predicted octanol–water partition coefficient (Wildman–Crippen LogP) is 2.66. The predicted molar refractivity (Wildman–Crippen MR) is 75.5 cm³/mol. The van der Waals surface area contributed by atoms with Gasteiger partial charge in [0.25, 0.3) is 0 Å². The normalized spacial score (nSPS) is 38.8. The summed E-state index contributed by atoms with van der Waals surface area (Å²) in [6, 6.07) is 0.652. The molecule has 0 aromatic carbocycles. The van der Waals surface area contributed by atoms with Crippen LogP contribution in [0.1, 0.15) is 46.0 Å². The summed E-state index contributed by atoms with van der Waals surface area (Å²) in [6.45, 7) is 5.49. The Morgan fingerprint density at radius 2 is 2.00 bits per heavy atom. The zero-order valence-corrected chi connectivity index (χ0v) is 12.1. The van der Waals surface area contributed by atoms with Gasteiger partial charge in [-0.3, -0.25) is 0 Å². The molecule has 1 saturated carbocycles. The summed E-state index contributed by atoms with van der Waals surface area (Å²) in [5.41, 5.74) is -0.417. The summed E-state index contributed by atoms with van der Waals surface area (Å²) in [7, 11) is 0. The topological polar surface area (TPSA) is 32.3 Å². The molecule has 1 unspecified atom stereocenters. The third-order valence-corrected chi connectivity index (χ3v) is 5.75. The third-order valence-electron chi connectivity index (χ3n) is 4.52. The largest absolute Gasteiger partial charge is 0.388 e. The van der Waals surface area contributed by atoms with E-state index in [2.05, 4.69) is 19.2 Å². The molecule has 1 atom stereocenters. The zero-order valence-electron chi connectivity index (χ0n) is 11.2. The van der Waals surface area contributed by atoms with Crippen LogP contribution in [0.4, 0.5) is 0 Å². The lowest BCUT2D eigenvalue weighted by Crippen LogP contribution is -2.45. The van der Waals surface area contributed by atoms with Gasteiger partial charge in [0, 0.05) is 18.3 Å². The fourth-order valence-corrected chi connectivity index (χ4v) is 4.36. The van der Waals surface area contributed by atoms with Gasteiger partial charge in [0.2, 0.25) is 0 Å². The fourth-order valence-electron chi connectivity index (χ4n) is 3.06. The number of nitrogens with one attached hydrogen (secondary N) is 1. The smallest absolute Gasteiger partial charge is 0.0869 e. The lowest BCUT2D eigenvalue weighted by atomic mass is 9.79. The molecule has 2 fully saturated rings. The van der Waals surface area contributed by atoms with Crippen LogP contribution in [-0.2, 0) is 0 Å². The van der Waals surface area contributed by atoms with Crippen LogP contribution in [0.25, 0.3) is 0 Å². The highest BCUT2D eigenvalue weighted by Gasteiger charge is 2.32. The molecular formula is C14H27NOS. The lowest BCUT2D eigenvalue weighted by molar-refractivity contribution is 0.0614. The van der Waals surface area contributed by atoms with E-state index in [0.29, 0.717) is 6.04 Å². The Kier molecular flexibility index (Phi) is 4.79. The summed E-state index contributed by atoms with van der Waals surface area (Å²) in [4.78, 5) is 0. The Labute approximate surface area is 110 Å². The van der Waals surface area contributed by atoms with Crippen molar-refractivity contribution in [2.24, 2.45) is 11.8 Å². The summed E-state index contributed by atoms with van der Waals surface area (Å²) in [6.07, 6.45) is 6.29. The summed E-state index contributed by atoms with van der Waals surface area (Å²) in [5, 5.41) is 13.9. The maximum atomic E-state index is 10.3. The molecule has 0 bridgehead atoms. The lowest BCUT2D eigenvalue weighted by Gasteiger charge is -2.33. The Hall–Kier alpha value is 0.270. The zero-order chi connectivity index (χ0) is 12.3. The molecule has 0 aromatic rings. The second-order valence-electron chi connectivity index (χ2n) is 6.26. The van der Waals surface area contributed by atoms with Gasteiger partial charge in [0.05, 0.1) is 5.60 Å². The SMILES string of the molecule is CC(C)C1CCC(NCC2(O)CCSC2)CC1. The van der Waals surface area contributed by atoms with E-state index < -0.39 is 5.60 Å². The minimum atomic E-state index is -0.417. The Morgan fingerprint density at radius 3 is 2.53 bits per heavy atom. The van der Waals surface area contributed by atoms with Crippen LogP contribution < -0.4 is 5.32 Å². The molecule has 1 heterocycles. The highest BCUT2D eigenvalue weighted by atomic mass is 32.2. The van der Waals surface area contributed by atoms with E-state index in [9.17, 15) is 5.11 Å². The second kappa shape index (κ2) is 5.94. The average Bonchev–Trinajstić information content (AvgIpc) is 2.75. The molecule has 2 nitrogen and oxygen atoms in total. The van der Waals surface area contributed by atoms with Crippen LogP contribution in [0, 0.1) is 11.8 Å². The first-order valence-electron chi connectivity index (χ1n) is 7.12. The van der Waals surface area contributed by atoms with Gasteiger partial charge in [-0.15, -0.1) is 0 Å². The molecule has 17 heavy (non-hydrogen) atoms. The maximum absolute atomic E-state index is 10.3. The van der Waals surface area contributed by atoms with Crippen LogP contribution >= 0.6 is 11.8 Å². The minimum absolute atomic E-state index is 0.417. The molecule has 1 saturated heterocycles. The van der Waals surface area contributed by atoms with Gasteiger partial charge < -0.3 is 10.4 Å². The number of thioether (sulfide) groups is 1. The van der Waals surface area contributed by atoms with Crippen molar-refractivity contribution in [2.75, 3.05) is 18.1 Å². The van der Waals surface area contributed by atoms with Gasteiger partial charge >= 0.3 is 0 Å². The standard InChI is InChI=1S/C14H27NOS/c1-11(2)12-3-5-13(6-4-12)15-9-14(16)7-8-17-10-14/h11-13,15-16H,3-10H2,1-2H3. The molecule has 1 aliphatic carbocycles. The van der Waals surface area contributed by atoms with E-state index >= 15 is 0 Å². The average molecular weight is 257 g/mol. The molecule has 1 aliphatic heterocycles. The summed E-state index contributed by atoms with van der Waals surface area (Å²) < 4.78 is 0. The number of hydrogen-bond donors (Lipinski definition) is 2. The second-order valence-corrected chi connectivity index (χ2v) is 7.37. The molecule has 2 rings (SSSR count). The molecule has 0 aromatic heterocycles. The number of hydrogen-bond acceptors (Lipinski definition) is 3. The molecule has 100 valence electrons. The quantitative estimate of drug-likeness (QED) is 0.812. The van der Waals surface area contributed by atoms with E-state index in [-0.39, 0.29) is 0 Å². The van der Waals surface area contributed by atoms with E-state index in [0.717, 1.165) is 36.3 Å². The molecular weight excluding hydrogens is 230 g/mol. The first kappa shape index (κ1) is 13.7. The van der Waals surface area contributed by atoms with Crippen molar-refractivity contribution in [1.82, 2.24) is 5.32 Å². The molecule has 0 radical (unpaired) electrons. The van der Waals surface area contributed by atoms with Crippen molar-refractivity contribution in [3.8, 4) is 0 Å². The summed E-state index contributed by atoms with van der Waals surface area (Å²) >= 11 is 1.88. The van der Waals surface area contributed by atoms with Gasteiger partial charge in [-0.2, -0.15) is 11.8 Å². The van der Waals surface area contributed by atoms with Gasteiger partial charge in [-0.1, -0.05) is 13.8 Å². The highest BCUT2D eigenvalue weighted by Crippen LogP contribution is 2.31.